The molecule has 1 N–H and O–H groups in total. The molecular weight excluding hydrogens is 370 g/mol. The van der Waals surface area contributed by atoms with Crippen LogP contribution in [0.15, 0.2) is 82.6 Å². The van der Waals surface area contributed by atoms with Crippen LogP contribution in [-0.2, 0) is 15.1 Å². The van der Waals surface area contributed by atoms with Gasteiger partial charge < -0.3 is 10.1 Å². The number of ether oxygens (including phenoxy) is 1. The number of amides is 1. The number of carbonyl (C=O) groups is 2. The van der Waals surface area contributed by atoms with Crippen molar-refractivity contribution in [2.45, 2.75) is 22.3 Å². The number of hydrogen-bond acceptors (Lipinski definition) is 4. The molecule has 3 aromatic carbocycles. The highest BCUT2D eigenvalue weighted by molar-refractivity contribution is 7.99. The van der Waals surface area contributed by atoms with Gasteiger partial charge in [0.15, 0.2) is 5.54 Å². The van der Waals surface area contributed by atoms with Gasteiger partial charge in [0.1, 0.15) is 0 Å². The SMILES string of the molecule is COC(=O)C1(c2cccc(Sc3ccc(C)cc3)c2)NC(=O)c2ccccc21. The number of carbonyl (C=O) groups excluding carboxylic acids is 2. The zero-order valence-corrected chi connectivity index (χ0v) is 16.4. The molecule has 0 fully saturated rings. The summed E-state index contributed by atoms with van der Waals surface area (Å²) in [6, 6.07) is 23.0. The van der Waals surface area contributed by atoms with Crippen LogP contribution in [0.4, 0.5) is 0 Å². The Balaban J connectivity index is 1.80. The largest absolute Gasteiger partial charge is 0.467 e. The lowest BCUT2D eigenvalue weighted by Gasteiger charge is -2.28. The lowest BCUT2D eigenvalue weighted by Crippen LogP contribution is -2.48. The molecule has 1 aliphatic heterocycles. The molecule has 4 rings (SSSR count). The molecule has 1 atom stereocenters. The van der Waals surface area contributed by atoms with Gasteiger partial charge in [0, 0.05) is 20.9 Å². The van der Waals surface area contributed by atoms with Crippen molar-refractivity contribution >= 4 is 23.6 Å². The van der Waals surface area contributed by atoms with Crippen LogP contribution in [0, 0.1) is 6.92 Å². The van der Waals surface area contributed by atoms with Crippen molar-refractivity contribution < 1.29 is 14.3 Å². The summed E-state index contributed by atoms with van der Waals surface area (Å²) in [4.78, 5) is 27.5. The number of aryl methyl sites for hydroxylation is 1. The molecule has 0 bridgehead atoms. The third-order valence-corrected chi connectivity index (χ3v) is 5.89. The highest BCUT2D eigenvalue weighted by Gasteiger charge is 2.51. The highest BCUT2D eigenvalue weighted by atomic mass is 32.2. The van der Waals surface area contributed by atoms with Gasteiger partial charge in [-0.3, -0.25) is 4.79 Å². The van der Waals surface area contributed by atoms with Crippen molar-refractivity contribution in [3.05, 3.63) is 95.1 Å². The Morgan fingerprint density at radius 1 is 0.964 bits per heavy atom. The zero-order chi connectivity index (χ0) is 19.7. The average molecular weight is 389 g/mol. The molecule has 1 amide bonds. The number of esters is 1. The first-order valence-electron chi connectivity index (χ1n) is 8.90. The molecule has 28 heavy (non-hydrogen) atoms. The smallest absolute Gasteiger partial charge is 0.341 e. The Hall–Kier alpha value is -3.05. The molecule has 1 unspecified atom stereocenters. The summed E-state index contributed by atoms with van der Waals surface area (Å²) in [5.41, 5.74) is 1.64. The normalized spacial score (nSPS) is 17.7. The first-order valence-corrected chi connectivity index (χ1v) is 9.72. The van der Waals surface area contributed by atoms with E-state index in [4.69, 9.17) is 4.74 Å². The first kappa shape index (κ1) is 18.3. The molecule has 0 radical (unpaired) electrons. The second kappa shape index (κ2) is 7.17. The van der Waals surface area contributed by atoms with Gasteiger partial charge in [0.05, 0.1) is 7.11 Å². The lowest BCUT2D eigenvalue weighted by atomic mass is 9.83. The minimum Gasteiger partial charge on any atom is -0.467 e. The van der Waals surface area contributed by atoms with Gasteiger partial charge in [0.25, 0.3) is 5.91 Å². The van der Waals surface area contributed by atoms with Crippen LogP contribution < -0.4 is 5.32 Å². The molecular formula is C23H19NO3S. The van der Waals surface area contributed by atoms with Gasteiger partial charge in [0.2, 0.25) is 0 Å². The van der Waals surface area contributed by atoms with Crippen LogP contribution in [0.5, 0.6) is 0 Å². The highest BCUT2D eigenvalue weighted by Crippen LogP contribution is 2.40. The average Bonchev–Trinajstić information content (AvgIpc) is 3.03. The van der Waals surface area contributed by atoms with E-state index >= 15 is 0 Å². The van der Waals surface area contributed by atoms with Crippen LogP contribution >= 0.6 is 11.8 Å². The number of fused-ring (bicyclic) bond motifs is 1. The summed E-state index contributed by atoms with van der Waals surface area (Å²) >= 11 is 1.60. The second-order valence-electron chi connectivity index (χ2n) is 6.68. The van der Waals surface area contributed by atoms with Crippen LogP contribution in [-0.4, -0.2) is 19.0 Å². The molecule has 140 valence electrons. The van der Waals surface area contributed by atoms with Gasteiger partial charge in [-0.25, -0.2) is 4.79 Å². The molecule has 5 heteroatoms. The third-order valence-electron chi connectivity index (χ3n) is 4.89. The number of benzene rings is 3. The minimum absolute atomic E-state index is 0.280. The summed E-state index contributed by atoms with van der Waals surface area (Å²) in [7, 11) is 1.34. The van der Waals surface area contributed by atoms with Gasteiger partial charge >= 0.3 is 5.97 Å². The van der Waals surface area contributed by atoms with Crippen molar-refractivity contribution in [3.63, 3.8) is 0 Å². The van der Waals surface area contributed by atoms with E-state index in [2.05, 4.69) is 36.5 Å². The van der Waals surface area contributed by atoms with E-state index in [1.54, 1.807) is 30.0 Å². The molecule has 4 nitrogen and oxygen atoms in total. The van der Waals surface area contributed by atoms with Gasteiger partial charge in [-0.15, -0.1) is 0 Å². The van der Waals surface area contributed by atoms with E-state index in [0.717, 1.165) is 9.79 Å². The Morgan fingerprint density at radius 3 is 2.46 bits per heavy atom. The van der Waals surface area contributed by atoms with Crippen molar-refractivity contribution in [1.29, 1.82) is 0 Å². The van der Waals surface area contributed by atoms with E-state index in [-0.39, 0.29) is 5.91 Å². The fourth-order valence-corrected chi connectivity index (χ4v) is 4.38. The predicted molar refractivity (Wildman–Crippen MR) is 108 cm³/mol. The van der Waals surface area contributed by atoms with E-state index in [1.807, 2.05) is 30.3 Å². The van der Waals surface area contributed by atoms with Gasteiger partial charge in [-0.05, 0) is 42.8 Å². The molecule has 0 saturated carbocycles. The summed E-state index contributed by atoms with van der Waals surface area (Å²) < 4.78 is 5.11. The minimum atomic E-state index is -1.34. The van der Waals surface area contributed by atoms with E-state index in [9.17, 15) is 9.59 Å². The van der Waals surface area contributed by atoms with Crippen LogP contribution in [0.3, 0.4) is 0 Å². The Labute approximate surface area is 167 Å². The first-order chi connectivity index (χ1) is 13.5. The quantitative estimate of drug-likeness (QED) is 0.676. The van der Waals surface area contributed by atoms with E-state index in [1.165, 1.54) is 12.7 Å². The van der Waals surface area contributed by atoms with Crippen molar-refractivity contribution in [2.24, 2.45) is 0 Å². The zero-order valence-electron chi connectivity index (χ0n) is 15.6. The van der Waals surface area contributed by atoms with Crippen LogP contribution in [0.25, 0.3) is 0 Å². The van der Waals surface area contributed by atoms with Crippen molar-refractivity contribution in [1.82, 2.24) is 5.32 Å². The lowest BCUT2D eigenvalue weighted by molar-refractivity contribution is -0.146. The maximum Gasteiger partial charge on any atom is 0.341 e. The molecule has 0 spiro atoms. The third kappa shape index (κ3) is 2.98. The molecule has 0 saturated heterocycles. The van der Waals surface area contributed by atoms with Crippen molar-refractivity contribution in [3.8, 4) is 0 Å². The predicted octanol–water partition coefficient (Wildman–Crippen LogP) is 4.31. The maximum atomic E-state index is 12.9. The van der Waals surface area contributed by atoms with Crippen molar-refractivity contribution in [2.75, 3.05) is 7.11 Å². The summed E-state index contributed by atoms with van der Waals surface area (Å²) in [6.45, 7) is 2.05. The van der Waals surface area contributed by atoms with Crippen LogP contribution in [0.2, 0.25) is 0 Å². The molecule has 0 aromatic heterocycles. The van der Waals surface area contributed by atoms with E-state index in [0.29, 0.717) is 16.7 Å². The standard InChI is InChI=1S/C23H19NO3S/c1-15-10-12-17(13-11-15)28-18-7-5-6-16(14-18)23(22(26)27-2)20-9-4-3-8-19(20)21(25)24-23/h3-14H,1-2H3,(H,24,25). The maximum absolute atomic E-state index is 12.9. The Morgan fingerprint density at radius 2 is 1.71 bits per heavy atom. The Bertz CT molecular complexity index is 1060. The molecule has 0 aliphatic carbocycles. The Kier molecular flexibility index (Phi) is 4.69. The fourth-order valence-electron chi connectivity index (χ4n) is 3.51. The topological polar surface area (TPSA) is 55.4 Å². The fraction of sp³-hybridized carbons (Fsp3) is 0.130. The number of methoxy groups -OCH3 is 1. The monoisotopic (exact) mass is 389 g/mol. The summed E-state index contributed by atoms with van der Waals surface area (Å²) in [6.07, 6.45) is 0. The van der Waals surface area contributed by atoms with Gasteiger partial charge in [-0.2, -0.15) is 0 Å². The molecule has 1 aliphatic rings. The van der Waals surface area contributed by atoms with Gasteiger partial charge in [-0.1, -0.05) is 59.8 Å². The number of hydrogen-bond donors (Lipinski definition) is 1. The molecule has 1 heterocycles. The van der Waals surface area contributed by atoms with E-state index < -0.39 is 11.5 Å². The molecule has 3 aromatic rings. The number of rotatable bonds is 4. The van der Waals surface area contributed by atoms with Crippen LogP contribution in [0.1, 0.15) is 27.0 Å². The second-order valence-corrected chi connectivity index (χ2v) is 7.83. The summed E-state index contributed by atoms with van der Waals surface area (Å²) in [5, 5.41) is 2.88. The number of nitrogens with one attached hydrogen (secondary N) is 1. The summed E-state index contributed by atoms with van der Waals surface area (Å²) in [5.74, 6) is -0.791.